The van der Waals surface area contributed by atoms with Crippen molar-refractivity contribution in [2.24, 2.45) is 0 Å². The van der Waals surface area contributed by atoms with Gasteiger partial charge in [-0.25, -0.2) is 9.78 Å². The van der Waals surface area contributed by atoms with Crippen LogP contribution in [0.3, 0.4) is 0 Å². The Morgan fingerprint density at radius 1 is 1.17 bits per heavy atom. The maximum absolute atomic E-state index is 11.8. The van der Waals surface area contributed by atoms with Crippen molar-refractivity contribution in [1.29, 1.82) is 0 Å². The first-order valence-corrected chi connectivity index (χ1v) is 7.63. The van der Waals surface area contributed by atoms with Crippen molar-refractivity contribution in [3.8, 4) is 11.5 Å². The lowest BCUT2D eigenvalue weighted by Gasteiger charge is -2.07. The van der Waals surface area contributed by atoms with Crippen molar-refractivity contribution in [2.45, 2.75) is 6.92 Å². The number of aromatic nitrogens is 1. The summed E-state index contributed by atoms with van der Waals surface area (Å²) in [6.45, 7) is 1.69. The highest BCUT2D eigenvalue weighted by Gasteiger charge is 2.12. The van der Waals surface area contributed by atoms with E-state index < -0.39 is 5.97 Å². The van der Waals surface area contributed by atoms with Crippen molar-refractivity contribution in [3.05, 3.63) is 35.3 Å². The van der Waals surface area contributed by atoms with E-state index in [4.69, 9.17) is 14.2 Å². The van der Waals surface area contributed by atoms with Crippen molar-refractivity contribution >= 4 is 28.3 Å². The Kier molecular flexibility index (Phi) is 5.93. The number of nitrogens with zero attached hydrogens (tertiary/aromatic N) is 1. The third kappa shape index (κ3) is 5.26. The van der Waals surface area contributed by atoms with E-state index in [9.17, 15) is 9.59 Å². The Morgan fingerprint density at radius 3 is 2.52 bits per heavy atom. The zero-order valence-electron chi connectivity index (χ0n) is 12.7. The van der Waals surface area contributed by atoms with Crippen LogP contribution in [0.1, 0.15) is 17.4 Å². The van der Waals surface area contributed by atoms with E-state index >= 15 is 0 Å². The zero-order chi connectivity index (χ0) is 16.7. The lowest BCUT2D eigenvalue weighted by molar-refractivity contribution is -0.114. The first-order valence-electron chi connectivity index (χ1n) is 6.75. The summed E-state index contributed by atoms with van der Waals surface area (Å²) in [6, 6.07) is 7.09. The number of carbonyl (C=O) groups excluding carboxylic acids is 2. The van der Waals surface area contributed by atoms with Crippen LogP contribution in [0.15, 0.2) is 29.6 Å². The number of amides is 1. The number of carbonyl (C=O) groups is 2. The molecule has 0 atom stereocenters. The second-order valence-electron chi connectivity index (χ2n) is 4.38. The molecule has 1 aromatic carbocycles. The Labute approximate surface area is 137 Å². The summed E-state index contributed by atoms with van der Waals surface area (Å²) >= 11 is 1.16. The van der Waals surface area contributed by atoms with Gasteiger partial charge in [-0.1, -0.05) is 0 Å². The van der Waals surface area contributed by atoms with E-state index in [1.807, 2.05) is 0 Å². The zero-order valence-corrected chi connectivity index (χ0v) is 13.5. The topological polar surface area (TPSA) is 86.8 Å². The fourth-order valence-electron chi connectivity index (χ4n) is 1.62. The van der Waals surface area contributed by atoms with E-state index in [0.717, 1.165) is 17.1 Å². The number of hydrogen-bond donors (Lipinski definition) is 1. The summed E-state index contributed by atoms with van der Waals surface area (Å²) < 4.78 is 15.5. The summed E-state index contributed by atoms with van der Waals surface area (Å²) in [6.07, 6.45) is 0. The molecule has 122 valence electrons. The van der Waals surface area contributed by atoms with Crippen LogP contribution in [0.5, 0.6) is 11.5 Å². The molecule has 23 heavy (non-hydrogen) atoms. The molecule has 0 radical (unpaired) electrons. The highest BCUT2D eigenvalue weighted by atomic mass is 32.1. The Hall–Kier alpha value is -2.61. The highest BCUT2D eigenvalue weighted by Crippen LogP contribution is 2.17. The number of methoxy groups -OCH3 is 1. The summed E-state index contributed by atoms with van der Waals surface area (Å²) in [5.74, 6) is 0.592. The fraction of sp³-hybridized carbons (Fsp3) is 0.267. The lowest BCUT2D eigenvalue weighted by Crippen LogP contribution is -2.13. The number of ether oxygens (including phenoxy) is 3. The van der Waals surface area contributed by atoms with Crippen molar-refractivity contribution in [3.63, 3.8) is 0 Å². The van der Waals surface area contributed by atoms with Gasteiger partial charge in [0.05, 0.1) is 7.11 Å². The van der Waals surface area contributed by atoms with Gasteiger partial charge in [0, 0.05) is 12.3 Å². The van der Waals surface area contributed by atoms with Crippen LogP contribution in [0.2, 0.25) is 0 Å². The van der Waals surface area contributed by atoms with Gasteiger partial charge < -0.3 is 19.5 Å². The van der Waals surface area contributed by atoms with Gasteiger partial charge in [0.1, 0.15) is 24.7 Å². The quantitative estimate of drug-likeness (QED) is 0.617. The lowest BCUT2D eigenvalue weighted by atomic mass is 10.3. The fourth-order valence-corrected chi connectivity index (χ4v) is 2.34. The molecule has 2 rings (SSSR count). The van der Waals surface area contributed by atoms with E-state index in [1.165, 1.54) is 12.3 Å². The standard InChI is InChI=1S/C15H16N2O5S/c1-10(18)16-15-17-13(9-23-15)14(19)22-8-7-21-12-5-3-11(20-2)4-6-12/h3-6,9H,7-8H2,1-2H3,(H,16,17,18). The maximum atomic E-state index is 11.8. The third-order valence-corrected chi connectivity index (χ3v) is 3.40. The molecule has 0 spiro atoms. The molecule has 0 aliphatic rings. The maximum Gasteiger partial charge on any atom is 0.358 e. The summed E-state index contributed by atoms with van der Waals surface area (Å²) in [7, 11) is 1.59. The van der Waals surface area contributed by atoms with Crippen molar-refractivity contribution in [2.75, 3.05) is 25.6 Å². The van der Waals surface area contributed by atoms with Gasteiger partial charge in [0.25, 0.3) is 0 Å². The van der Waals surface area contributed by atoms with Crippen molar-refractivity contribution in [1.82, 2.24) is 4.98 Å². The summed E-state index contributed by atoms with van der Waals surface area (Å²) in [4.78, 5) is 26.6. The molecule has 0 aliphatic carbocycles. The van der Waals surface area contributed by atoms with Gasteiger partial charge >= 0.3 is 5.97 Å². The Balaban J connectivity index is 1.73. The van der Waals surface area contributed by atoms with Crippen LogP contribution < -0.4 is 14.8 Å². The number of nitrogens with one attached hydrogen (secondary N) is 1. The van der Waals surface area contributed by atoms with Gasteiger partial charge in [-0.15, -0.1) is 11.3 Å². The second-order valence-corrected chi connectivity index (χ2v) is 5.24. The van der Waals surface area contributed by atoms with E-state index in [-0.39, 0.29) is 24.8 Å². The van der Waals surface area contributed by atoms with Gasteiger partial charge in [-0.05, 0) is 24.3 Å². The highest BCUT2D eigenvalue weighted by molar-refractivity contribution is 7.14. The number of thiazole rings is 1. The normalized spacial score (nSPS) is 10.0. The molecule has 8 heteroatoms. The SMILES string of the molecule is COc1ccc(OCCOC(=O)c2csc(NC(C)=O)n2)cc1. The van der Waals surface area contributed by atoms with Crippen LogP contribution in [0.4, 0.5) is 5.13 Å². The predicted octanol–water partition coefficient (Wildman–Crippen LogP) is 2.35. The van der Waals surface area contributed by atoms with Gasteiger partial charge in [-0.3, -0.25) is 4.79 Å². The number of esters is 1. The second kappa shape index (κ2) is 8.14. The van der Waals surface area contributed by atoms with E-state index in [1.54, 1.807) is 31.4 Å². The average molecular weight is 336 g/mol. The average Bonchev–Trinajstić information content (AvgIpc) is 2.99. The molecular formula is C15H16N2O5S. The van der Waals surface area contributed by atoms with Crippen molar-refractivity contribution < 1.29 is 23.8 Å². The molecular weight excluding hydrogens is 320 g/mol. The minimum absolute atomic E-state index is 0.0951. The molecule has 0 aliphatic heterocycles. The molecule has 1 heterocycles. The van der Waals surface area contributed by atoms with E-state index in [0.29, 0.717) is 10.9 Å². The molecule has 2 aromatic rings. The van der Waals surface area contributed by atoms with Crippen LogP contribution in [-0.4, -0.2) is 37.2 Å². The summed E-state index contributed by atoms with van der Waals surface area (Å²) in [5, 5.41) is 4.39. The Bertz CT molecular complexity index is 669. The minimum Gasteiger partial charge on any atom is -0.497 e. The first kappa shape index (κ1) is 16.8. The molecule has 0 fully saturated rings. The third-order valence-electron chi connectivity index (χ3n) is 2.64. The molecule has 1 N–H and O–H groups in total. The minimum atomic E-state index is -0.559. The monoisotopic (exact) mass is 336 g/mol. The predicted molar refractivity (Wildman–Crippen MR) is 85.2 cm³/mol. The summed E-state index contributed by atoms with van der Waals surface area (Å²) in [5.41, 5.74) is 0.156. The van der Waals surface area contributed by atoms with Crippen LogP contribution in [0, 0.1) is 0 Å². The smallest absolute Gasteiger partial charge is 0.358 e. The first-order chi connectivity index (χ1) is 11.1. The molecule has 1 amide bonds. The van der Waals surface area contributed by atoms with Gasteiger partial charge in [0.15, 0.2) is 10.8 Å². The molecule has 0 bridgehead atoms. The molecule has 0 unspecified atom stereocenters. The number of benzene rings is 1. The largest absolute Gasteiger partial charge is 0.497 e. The molecule has 0 saturated heterocycles. The van der Waals surface area contributed by atoms with E-state index in [2.05, 4.69) is 10.3 Å². The number of hydrogen-bond acceptors (Lipinski definition) is 7. The number of rotatable bonds is 7. The molecule has 7 nitrogen and oxygen atoms in total. The van der Waals surface area contributed by atoms with Gasteiger partial charge in [-0.2, -0.15) is 0 Å². The van der Waals surface area contributed by atoms with Crippen LogP contribution >= 0.6 is 11.3 Å². The molecule has 1 aromatic heterocycles. The van der Waals surface area contributed by atoms with Gasteiger partial charge in [0.2, 0.25) is 5.91 Å². The Morgan fingerprint density at radius 2 is 1.87 bits per heavy atom. The number of anilines is 1. The molecule has 0 saturated carbocycles. The van der Waals surface area contributed by atoms with Crippen LogP contribution in [0.25, 0.3) is 0 Å². The van der Waals surface area contributed by atoms with Crippen LogP contribution in [-0.2, 0) is 9.53 Å².